The maximum Gasteiger partial charge on any atom is 0.276 e. The highest BCUT2D eigenvalue weighted by Gasteiger charge is 2.14. The zero-order valence-electron chi connectivity index (χ0n) is 9.55. The van der Waals surface area contributed by atoms with Crippen LogP contribution in [0.3, 0.4) is 0 Å². The molecule has 17 heavy (non-hydrogen) atoms. The Morgan fingerprint density at radius 3 is 2.59 bits per heavy atom. The standard InChI is InChI=1S/C12H14N4O/c1-16(12(17)11-6-7-14-15-11)10-4-2-9(8-13)3-5-10/h2-7H,8,13H2,1H3,(H,14,15). The van der Waals surface area contributed by atoms with Crippen LogP contribution in [0.4, 0.5) is 5.69 Å². The Balaban J connectivity index is 2.19. The first kappa shape index (κ1) is 11.3. The second kappa shape index (κ2) is 4.80. The van der Waals surface area contributed by atoms with Gasteiger partial charge in [-0.3, -0.25) is 9.89 Å². The number of nitrogens with one attached hydrogen (secondary N) is 1. The number of benzene rings is 1. The van der Waals surface area contributed by atoms with Gasteiger partial charge in [0.2, 0.25) is 0 Å². The monoisotopic (exact) mass is 230 g/mol. The Morgan fingerprint density at radius 1 is 1.35 bits per heavy atom. The number of anilines is 1. The summed E-state index contributed by atoms with van der Waals surface area (Å²) in [5.41, 5.74) is 7.85. The van der Waals surface area contributed by atoms with Gasteiger partial charge in [0, 0.05) is 25.5 Å². The van der Waals surface area contributed by atoms with Crippen LogP contribution in [0.5, 0.6) is 0 Å². The minimum Gasteiger partial charge on any atom is -0.326 e. The maximum atomic E-state index is 12.0. The lowest BCUT2D eigenvalue weighted by atomic mass is 10.2. The van der Waals surface area contributed by atoms with Crippen LogP contribution in [-0.2, 0) is 6.54 Å². The molecule has 0 saturated carbocycles. The minimum absolute atomic E-state index is 0.122. The number of hydrogen-bond acceptors (Lipinski definition) is 3. The third kappa shape index (κ3) is 2.34. The smallest absolute Gasteiger partial charge is 0.276 e. The molecule has 0 unspecified atom stereocenters. The Labute approximate surface area is 99.2 Å². The molecular weight excluding hydrogens is 216 g/mol. The third-order valence-corrected chi connectivity index (χ3v) is 2.60. The number of aromatic amines is 1. The number of nitrogens with zero attached hydrogens (tertiary/aromatic N) is 2. The topological polar surface area (TPSA) is 75.0 Å². The molecule has 0 bridgehead atoms. The number of nitrogens with two attached hydrogens (primary N) is 1. The van der Waals surface area contributed by atoms with Crippen molar-refractivity contribution in [1.29, 1.82) is 0 Å². The predicted octanol–water partition coefficient (Wildman–Crippen LogP) is 1.15. The highest BCUT2D eigenvalue weighted by atomic mass is 16.2. The zero-order chi connectivity index (χ0) is 12.3. The predicted molar refractivity (Wildman–Crippen MR) is 65.7 cm³/mol. The fraction of sp³-hybridized carbons (Fsp3) is 0.167. The van der Waals surface area contributed by atoms with E-state index >= 15 is 0 Å². The summed E-state index contributed by atoms with van der Waals surface area (Å²) in [5.74, 6) is -0.122. The molecule has 2 aromatic rings. The van der Waals surface area contributed by atoms with E-state index in [-0.39, 0.29) is 5.91 Å². The largest absolute Gasteiger partial charge is 0.326 e. The van der Waals surface area contributed by atoms with Gasteiger partial charge < -0.3 is 10.6 Å². The second-order valence-electron chi connectivity index (χ2n) is 3.71. The third-order valence-electron chi connectivity index (χ3n) is 2.60. The number of H-pyrrole nitrogens is 1. The summed E-state index contributed by atoms with van der Waals surface area (Å²) < 4.78 is 0. The molecule has 0 fully saturated rings. The number of hydrogen-bond donors (Lipinski definition) is 2. The fourth-order valence-electron chi connectivity index (χ4n) is 1.53. The number of carbonyl (C=O) groups is 1. The number of aromatic nitrogens is 2. The van der Waals surface area contributed by atoms with E-state index in [1.54, 1.807) is 24.2 Å². The van der Waals surface area contributed by atoms with Crippen molar-refractivity contribution >= 4 is 11.6 Å². The normalized spacial score (nSPS) is 10.2. The molecule has 1 amide bonds. The average Bonchev–Trinajstić information content (AvgIpc) is 2.91. The summed E-state index contributed by atoms with van der Waals surface area (Å²) in [7, 11) is 1.72. The zero-order valence-corrected chi connectivity index (χ0v) is 9.55. The molecule has 1 aromatic carbocycles. The molecule has 1 heterocycles. The molecule has 2 rings (SSSR count). The van der Waals surface area contributed by atoms with Crippen LogP contribution in [-0.4, -0.2) is 23.2 Å². The molecular formula is C12H14N4O. The second-order valence-corrected chi connectivity index (χ2v) is 3.71. The van der Waals surface area contributed by atoms with E-state index in [9.17, 15) is 4.79 Å². The van der Waals surface area contributed by atoms with Crippen LogP contribution in [0.25, 0.3) is 0 Å². The summed E-state index contributed by atoms with van der Waals surface area (Å²) in [6.07, 6.45) is 1.55. The lowest BCUT2D eigenvalue weighted by molar-refractivity contribution is 0.0988. The van der Waals surface area contributed by atoms with Crippen LogP contribution >= 0.6 is 0 Å². The molecule has 0 radical (unpaired) electrons. The van der Waals surface area contributed by atoms with Crippen LogP contribution in [0.2, 0.25) is 0 Å². The molecule has 0 saturated heterocycles. The van der Waals surface area contributed by atoms with E-state index in [4.69, 9.17) is 5.73 Å². The summed E-state index contributed by atoms with van der Waals surface area (Å²) in [6.45, 7) is 0.499. The highest BCUT2D eigenvalue weighted by Crippen LogP contribution is 2.15. The van der Waals surface area contributed by atoms with Crippen molar-refractivity contribution in [2.24, 2.45) is 5.73 Å². The van der Waals surface area contributed by atoms with Crippen LogP contribution in [0.15, 0.2) is 36.5 Å². The van der Waals surface area contributed by atoms with Crippen molar-refractivity contribution < 1.29 is 4.79 Å². The first-order chi connectivity index (χ1) is 8.22. The van der Waals surface area contributed by atoms with E-state index in [1.165, 1.54) is 0 Å². The van der Waals surface area contributed by atoms with Gasteiger partial charge in [0.05, 0.1) is 0 Å². The van der Waals surface area contributed by atoms with Gasteiger partial charge >= 0.3 is 0 Å². The van der Waals surface area contributed by atoms with Crippen molar-refractivity contribution in [3.8, 4) is 0 Å². The van der Waals surface area contributed by atoms with E-state index in [2.05, 4.69) is 10.2 Å². The molecule has 0 aliphatic carbocycles. The van der Waals surface area contributed by atoms with Crippen molar-refractivity contribution in [3.05, 3.63) is 47.8 Å². The van der Waals surface area contributed by atoms with Gasteiger partial charge in [-0.05, 0) is 23.8 Å². The Hall–Kier alpha value is -2.14. The van der Waals surface area contributed by atoms with Crippen LogP contribution in [0, 0.1) is 0 Å². The molecule has 5 heteroatoms. The van der Waals surface area contributed by atoms with Crippen molar-refractivity contribution in [2.75, 3.05) is 11.9 Å². The molecule has 0 atom stereocenters. The molecule has 0 spiro atoms. The van der Waals surface area contributed by atoms with Gasteiger partial charge in [-0.1, -0.05) is 12.1 Å². The summed E-state index contributed by atoms with van der Waals surface area (Å²) in [6, 6.07) is 9.21. The molecule has 0 aliphatic rings. The number of amides is 1. The molecule has 5 nitrogen and oxygen atoms in total. The van der Waals surface area contributed by atoms with Crippen LogP contribution in [0.1, 0.15) is 16.1 Å². The maximum absolute atomic E-state index is 12.0. The molecule has 88 valence electrons. The van der Waals surface area contributed by atoms with E-state index in [0.717, 1.165) is 11.3 Å². The summed E-state index contributed by atoms with van der Waals surface area (Å²) in [5, 5.41) is 6.41. The van der Waals surface area contributed by atoms with E-state index < -0.39 is 0 Å². The highest BCUT2D eigenvalue weighted by molar-refractivity contribution is 6.04. The number of carbonyl (C=O) groups excluding carboxylic acids is 1. The van der Waals surface area contributed by atoms with Crippen molar-refractivity contribution in [2.45, 2.75) is 6.54 Å². The average molecular weight is 230 g/mol. The quantitative estimate of drug-likeness (QED) is 0.830. The van der Waals surface area contributed by atoms with Gasteiger partial charge in [0.25, 0.3) is 5.91 Å². The van der Waals surface area contributed by atoms with Gasteiger partial charge in [-0.25, -0.2) is 0 Å². The van der Waals surface area contributed by atoms with Gasteiger partial charge in [-0.15, -0.1) is 0 Å². The Bertz CT molecular complexity index is 490. The van der Waals surface area contributed by atoms with Crippen molar-refractivity contribution in [1.82, 2.24) is 10.2 Å². The molecule has 1 aromatic heterocycles. The fourth-order valence-corrected chi connectivity index (χ4v) is 1.53. The van der Waals surface area contributed by atoms with E-state index in [0.29, 0.717) is 12.2 Å². The molecule has 0 aliphatic heterocycles. The Morgan fingerprint density at radius 2 is 2.06 bits per heavy atom. The summed E-state index contributed by atoms with van der Waals surface area (Å²) >= 11 is 0. The lowest BCUT2D eigenvalue weighted by Crippen LogP contribution is -2.26. The first-order valence-corrected chi connectivity index (χ1v) is 5.29. The van der Waals surface area contributed by atoms with Gasteiger partial charge in [0.15, 0.2) is 0 Å². The van der Waals surface area contributed by atoms with Crippen LogP contribution < -0.4 is 10.6 Å². The SMILES string of the molecule is CN(C(=O)c1ccn[nH]1)c1ccc(CN)cc1. The molecule has 3 N–H and O–H groups in total. The van der Waals surface area contributed by atoms with Crippen molar-refractivity contribution in [3.63, 3.8) is 0 Å². The van der Waals surface area contributed by atoms with Gasteiger partial charge in [0.1, 0.15) is 5.69 Å². The Kier molecular flexibility index (Phi) is 3.20. The lowest BCUT2D eigenvalue weighted by Gasteiger charge is -2.16. The number of rotatable bonds is 3. The van der Waals surface area contributed by atoms with Gasteiger partial charge in [-0.2, -0.15) is 5.10 Å². The first-order valence-electron chi connectivity index (χ1n) is 5.29. The summed E-state index contributed by atoms with van der Waals surface area (Å²) in [4.78, 5) is 13.6. The van der Waals surface area contributed by atoms with E-state index in [1.807, 2.05) is 24.3 Å². The minimum atomic E-state index is -0.122.